The molecule has 0 saturated carbocycles. The molecule has 21 heavy (non-hydrogen) atoms. The van der Waals surface area contributed by atoms with Crippen molar-refractivity contribution in [2.45, 2.75) is 44.9 Å². The fraction of sp³-hybridized carbons (Fsp3) is 0.625. The summed E-state index contributed by atoms with van der Waals surface area (Å²) >= 11 is 1.67. The number of amides is 2. The Morgan fingerprint density at radius 2 is 1.90 bits per heavy atom. The summed E-state index contributed by atoms with van der Waals surface area (Å²) in [5.74, 6) is 0.145. The summed E-state index contributed by atoms with van der Waals surface area (Å²) in [5, 5.41) is 2.82. The lowest BCUT2D eigenvalue weighted by Gasteiger charge is -2.18. The molecule has 114 valence electrons. The topological polar surface area (TPSA) is 49.4 Å². The summed E-state index contributed by atoms with van der Waals surface area (Å²) < 4.78 is 0. The lowest BCUT2D eigenvalue weighted by Crippen LogP contribution is -2.33. The first-order valence-electron chi connectivity index (χ1n) is 7.91. The Balaban J connectivity index is 1.75. The quantitative estimate of drug-likeness (QED) is 0.866. The van der Waals surface area contributed by atoms with Crippen molar-refractivity contribution in [3.63, 3.8) is 0 Å². The van der Waals surface area contributed by atoms with E-state index >= 15 is 0 Å². The van der Waals surface area contributed by atoms with Gasteiger partial charge in [0.1, 0.15) is 0 Å². The molecule has 2 heterocycles. The first-order valence-corrected chi connectivity index (χ1v) is 8.73. The molecule has 1 aromatic heterocycles. The summed E-state index contributed by atoms with van der Waals surface area (Å²) in [4.78, 5) is 28.1. The Morgan fingerprint density at radius 3 is 2.76 bits per heavy atom. The number of fused-ring (bicyclic) bond motifs is 1. The third-order valence-corrected chi connectivity index (χ3v) is 5.53. The van der Waals surface area contributed by atoms with Crippen LogP contribution in [0.5, 0.6) is 0 Å². The van der Waals surface area contributed by atoms with E-state index < -0.39 is 0 Å². The van der Waals surface area contributed by atoms with Crippen LogP contribution in [0.3, 0.4) is 0 Å². The lowest BCUT2D eigenvalue weighted by molar-refractivity contribution is -0.120. The molecule has 0 unspecified atom stereocenters. The first kappa shape index (κ1) is 14.6. The second kappa shape index (κ2) is 6.60. The van der Waals surface area contributed by atoms with E-state index in [0.29, 0.717) is 26.1 Å². The minimum Gasteiger partial charge on any atom is -0.354 e. The standard InChI is InChI=1S/C16H22N2O2S/c19-15-7-9-18(10-8-17-15)16(20)14-11-12-5-3-1-2-4-6-13(12)21-14/h11H,1-10H2,(H,17,19). The van der Waals surface area contributed by atoms with E-state index in [1.54, 1.807) is 11.3 Å². The van der Waals surface area contributed by atoms with Crippen LogP contribution in [0, 0.1) is 0 Å². The van der Waals surface area contributed by atoms with Crippen LogP contribution >= 0.6 is 11.3 Å². The molecule has 0 bridgehead atoms. The van der Waals surface area contributed by atoms with E-state index in [4.69, 9.17) is 0 Å². The smallest absolute Gasteiger partial charge is 0.264 e. The third kappa shape index (κ3) is 3.46. The number of nitrogens with zero attached hydrogens (tertiary/aromatic N) is 1. The number of rotatable bonds is 1. The van der Waals surface area contributed by atoms with E-state index in [2.05, 4.69) is 11.4 Å². The Kier molecular flexibility index (Phi) is 4.58. The predicted molar refractivity (Wildman–Crippen MR) is 83.7 cm³/mol. The Hall–Kier alpha value is -1.36. The zero-order valence-electron chi connectivity index (χ0n) is 12.3. The normalized spacial score (nSPS) is 20.0. The van der Waals surface area contributed by atoms with Crippen LogP contribution < -0.4 is 5.32 Å². The number of hydrogen-bond donors (Lipinski definition) is 1. The maximum atomic E-state index is 12.6. The molecule has 4 nitrogen and oxygen atoms in total. The highest BCUT2D eigenvalue weighted by atomic mass is 32.1. The molecule has 1 aliphatic heterocycles. The molecule has 2 aliphatic rings. The van der Waals surface area contributed by atoms with Gasteiger partial charge in [-0.05, 0) is 37.3 Å². The summed E-state index contributed by atoms with van der Waals surface area (Å²) in [6.07, 6.45) is 7.73. The van der Waals surface area contributed by atoms with Gasteiger partial charge in [0, 0.05) is 30.9 Å². The molecular weight excluding hydrogens is 284 g/mol. The van der Waals surface area contributed by atoms with Crippen LogP contribution in [0.2, 0.25) is 0 Å². The van der Waals surface area contributed by atoms with E-state index in [9.17, 15) is 9.59 Å². The van der Waals surface area contributed by atoms with Crippen LogP contribution in [0.4, 0.5) is 0 Å². The summed E-state index contributed by atoms with van der Waals surface area (Å²) in [6, 6.07) is 2.10. The van der Waals surface area contributed by atoms with Crippen molar-refractivity contribution < 1.29 is 9.59 Å². The molecule has 1 saturated heterocycles. The van der Waals surface area contributed by atoms with Gasteiger partial charge in [0.25, 0.3) is 5.91 Å². The van der Waals surface area contributed by atoms with Gasteiger partial charge in [-0.15, -0.1) is 11.3 Å². The number of hydrogen-bond acceptors (Lipinski definition) is 3. The lowest BCUT2D eigenvalue weighted by atomic mass is 10.00. The molecular formula is C16H22N2O2S. The van der Waals surface area contributed by atoms with Crippen LogP contribution in [0.15, 0.2) is 6.07 Å². The van der Waals surface area contributed by atoms with Crippen LogP contribution in [-0.2, 0) is 17.6 Å². The van der Waals surface area contributed by atoms with E-state index in [1.807, 2.05) is 4.90 Å². The molecule has 1 aromatic rings. The summed E-state index contributed by atoms with van der Waals surface area (Å²) in [6.45, 7) is 1.72. The fourth-order valence-electron chi connectivity index (χ4n) is 3.08. The van der Waals surface area contributed by atoms with Gasteiger partial charge in [0.05, 0.1) is 4.88 Å². The minimum atomic E-state index is 0.0451. The zero-order chi connectivity index (χ0) is 14.7. The van der Waals surface area contributed by atoms with Gasteiger partial charge in [-0.25, -0.2) is 0 Å². The Bertz CT molecular complexity index is 513. The summed E-state index contributed by atoms with van der Waals surface area (Å²) in [5.41, 5.74) is 1.38. The molecule has 3 rings (SSSR count). The molecule has 1 aliphatic carbocycles. The molecule has 1 fully saturated rings. The van der Waals surface area contributed by atoms with E-state index in [0.717, 1.165) is 17.7 Å². The van der Waals surface area contributed by atoms with Crippen molar-refractivity contribution in [2.75, 3.05) is 19.6 Å². The number of carbonyl (C=O) groups excluding carboxylic acids is 2. The van der Waals surface area contributed by atoms with Crippen LogP contribution in [0.1, 0.15) is 52.2 Å². The van der Waals surface area contributed by atoms with Crippen molar-refractivity contribution in [3.05, 3.63) is 21.4 Å². The third-order valence-electron chi connectivity index (χ3n) is 4.31. The maximum Gasteiger partial charge on any atom is 0.264 e. The molecule has 1 N–H and O–H groups in total. The SMILES string of the molecule is O=C1CCN(C(=O)c2cc3c(s2)CCCCCC3)CCN1. The Morgan fingerprint density at radius 1 is 1.10 bits per heavy atom. The highest BCUT2D eigenvalue weighted by molar-refractivity contribution is 7.14. The van der Waals surface area contributed by atoms with Crippen molar-refractivity contribution in [1.29, 1.82) is 0 Å². The largest absolute Gasteiger partial charge is 0.354 e. The zero-order valence-corrected chi connectivity index (χ0v) is 13.1. The maximum absolute atomic E-state index is 12.6. The highest BCUT2D eigenvalue weighted by Gasteiger charge is 2.22. The van der Waals surface area contributed by atoms with E-state index in [-0.39, 0.29) is 11.8 Å². The van der Waals surface area contributed by atoms with Crippen molar-refractivity contribution >= 4 is 23.2 Å². The molecule has 0 spiro atoms. The van der Waals surface area contributed by atoms with E-state index in [1.165, 1.54) is 36.1 Å². The molecule has 5 heteroatoms. The molecule has 2 amide bonds. The summed E-state index contributed by atoms with van der Waals surface area (Å²) in [7, 11) is 0. The molecule has 0 atom stereocenters. The van der Waals surface area contributed by atoms with Crippen LogP contribution in [-0.4, -0.2) is 36.3 Å². The van der Waals surface area contributed by atoms with Gasteiger partial charge >= 0.3 is 0 Å². The van der Waals surface area contributed by atoms with Gasteiger partial charge in [-0.1, -0.05) is 12.8 Å². The average Bonchev–Trinajstić information content (AvgIpc) is 2.70. The van der Waals surface area contributed by atoms with Gasteiger partial charge in [-0.2, -0.15) is 0 Å². The van der Waals surface area contributed by atoms with Gasteiger partial charge < -0.3 is 10.2 Å². The van der Waals surface area contributed by atoms with Crippen molar-refractivity contribution in [3.8, 4) is 0 Å². The molecule has 0 aromatic carbocycles. The highest BCUT2D eigenvalue weighted by Crippen LogP contribution is 2.29. The second-order valence-electron chi connectivity index (χ2n) is 5.87. The van der Waals surface area contributed by atoms with Crippen LogP contribution in [0.25, 0.3) is 0 Å². The number of thiophene rings is 1. The van der Waals surface area contributed by atoms with Gasteiger partial charge in [-0.3, -0.25) is 9.59 Å². The fourth-order valence-corrected chi connectivity index (χ4v) is 4.30. The van der Waals surface area contributed by atoms with Crippen molar-refractivity contribution in [2.24, 2.45) is 0 Å². The predicted octanol–water partition coefficient (Wildman–Crippen LogP) is 2.37. The van der Waals surface area contributed by atoms with Gasteiger partial charge in [0.2, 0.25) is 5.91 Å². The van der Waals surface area contributed by atoms with Gasteiger partial charge in [0.15, 0.2) is 0 Å². The number of aryl methyl sites for hydroxylation is 2. The first-order chi connectivity index (χ1) is 10.2. The monoisotopic (exact) mass is 306 g/mol. The number of nitrogens with one attached hydrogen (secondary N) is 1. The average molecular weight is 306 g/mol. The van der Waals surface area contributed by atoms with Crippen molar-refractivity contribution in [1.82, 2.24) is 10.2 Å². The molecule has 0 radical (unpaired) electrons. The Labute approximate surface area is 129 Å². The minimum absolute atomic E-state index is 0.0451. The second-order valence-corrected chi connectivity index (χ2v) is 7.00. The number of carbonyl (C=O) groups is 2.